The summed E-state index contributed by atoms with van der Waals surface area (Å²) >= 11 is 8.16. The SMILES string of the molecule is O=C(c1ccc(I)c(Cl)c1)c1cc2ccccc2o1. The number of halogens is 2. The van der Waals surface area contributed by atoms with Crippen LogP contribution in [0.25, 0.3) is 11.0 Å². The summed E-state index contributed by atoms with van der Waals surface area (Å²) in [6, 6.07) is 14.5. The molecule has 0 unspecified atom stereocenters. The van der Waals surface area contributed by atoms with E-state index in [2.05, 4.69) is 22.6 Å². The average molecular weight is 383 g/mol. The molecule has 0 aliphatic heterocycles. The minimum absolute atomic E-state index is 0.158. The zero-order chi connectivity index (χ0) is 13.4. The Labute approximate surface area is 128 Å². The Morgan fingerprint density at radius 1 is 1.11 bits per heavy atom. The number of hydrogen-bond acceptors (Lipinski definition) is 2. The molecular formula is C15H8ClIO2. The van der Waals surface area contributed by atoms with Crippen LogP contribution >= 0.6 is 34.2 Å². The molecule has 3 aromatic rings. The van der Waals surface area contributed by atoms with E-state index in [9.17, 15) is 4.79 Å². The number of carbonyl (C=O) groups is 1. The maximum absolute atomic E-state index is 12.3. The third-order valence-corrected chi connectivity index (χ3v) is 4.40. The second-order valence-electron chi connectivity index (χ2n) is 4.11. The fraction of sp³-hybridized carbons (Fsp3) is 0. The maximum atomic E-state index is 12.3. The third kappa shape index (κ3) is 2.40. The van der Waals surface area contributed by atoms with Crippen molar-refractivity contribution in [2.45, 2.75) is 0 Å². The van der Waals surface area contributed by atoms with Gasteiger partial charge in [-0.1, -0.05) is 29.8 Å². The molecule has 4 heteroatoms. The van der Waals surface area contributed by atoms with Crippen molar-refractivity contribution < 1.29 is 9.21 Å². The topological polar surface area (TPSA) is 30.2 Å². The Bertz CT molecular complexity index is 744. The molecule has 3 rings (SSSR count). The van der Waals surface area contributed by atoms with Crippen molar-refractivity contribution in [3.8, 4) is 0 Å². The molecule has 0 aliphatic rings. The van der Waals surface area contributed by atoms with Crippen molar-refractivity contribution in [1.82, 2.24) is 0 Å². The quantitative estimate of drug-likeness (QED) is 0.465. The Balaban J connectivity index is 2.05. The Morgan fingerprint density at radius 2 is 1.89 bits per heavy atom. The van der Waals surface area contributed by atoms with Gasteiger partial charge in [0.15, 0.2) is 5.76 Å². The van der Waals surface area contributed by atoms with Crippen molar-refractivity contribution >= 4 is 50.9 Å². The molecule has 0 radical (unpaired) electrons. The van der Waals surface area contributed by atoms with Crippen LogP contribution in [0.3, 0.4) is 0 Å². The normalized spacial score (nSPS) is 10.8. The third-order valence-electron chi connectivity index (χ3n) is 2.83. The van der Waals surface area contributed by atoms with Gasteiger partial charge in [0.25, 0.3) is 0 Å². The molecule has 0 aliphatic carbocycles. The number of hydrogen-bond donors (Lipinski definition) is 0. The van der Waals surface area contributed by atoms with E-state index >= 15 is 0 Å². The zero-order valence-electron chi connectivity index (χ0n) is 9.69. The molecule has 0 saturated carbocycles. The Hall–Kier alpha value is -1.33. The van der Waals surface area contributed by atoms with E-state index in [1.165, 1.54) is 0 Å². The summed E-state index contributed by atoms with van der Waals surface area (Å²) in [5.74, 6) is 0.174. The summed E-state index contributed by atoms with van der Waals surface area (Å²) in [6.07, 6.45) is 0. The predicted octanol–water partition coefficient (Wildman–Crippen LogP) is 4.92. The molecule has 0 saturated heterocycles. The van der Waals surface area contributed by atoms with E-state index in [-0.39, 0.29) is 5.78 Å². The molecule has 19 heavy (non-hydrogen) atoms. The standard InChI is InChI=1S/C15H8ClIO2/c16-11-7-10(5-6-12(11)17)15(18)14-8-9-3-1-2-4-13(9)19-14/h1-8H. The fourth-order valence-electron chi connectivity index (χ4n) is 1.87. The molecule has 1 heterocycles. The molecule has 2 nitrogen and oxygen atoms in total. The van der Waals surface area contributed by atoms with E-state index in [1.54, 1.807) is 18.2 Å². The number of ketones is 1. The highest BCUT2D eigenvalue weighted by molar-refractivity contribution is 14.1. The van der Waals surface area contributed by atoms with Crippen molar-refractivity contribution in [3.05, 3.63) is 68.4 Å². The van der Waals surface area contributed by atoms with Crippen LogP contribution in [0.5, 0.6) is 0 Å². The average Bonchev–Trinajstić information content (AvgIpc) is 2.85. The van der Waals surface area contributed by atoms with Crippen molar-refractivity contribution in [3.63, 3.8) is 0 Å². The summed E-state index contributed by atoms with van der Waals surface area (Å²) in [6.45, 7) is 0. The summed E-state index contributed by atoms with van der Waals surface area (Å²) in [7, 11) is 0. The van der Waals surface area contributed by atoms with Crippen LogP contribution in [0, 0.1) is 3.57 Å². The molecular weight excluding hydrogens is 375 g/mol. The van der Waals surface area contributed by atoms with Crippen LogP contribution in [0.2, 0.25) is 5.02 Å². The van der Waals surface area contributed by atoms with Crippen LogP contribution < -0.4 is 0 Å². The van der Waals surface area contributed by atoms with Gasteiger partial charge in [-0.3, -0.25) is 4.79 Å². The lowest BCUT2D eigenvalue weighted by molar-refractivity contribution is 0.101. The molecule has 0 bridgehead atoms. The lowest BCUT2D eigenvalue weighted by Crippen LogP contribution is -1.99. The van der Waals surface area contributed by atoms with Gasteiger partial charge in [-0.2, -0.15) is 0 Å². The smallest absolute Gasteiger partial charge is 0.228 e. The van der Waals surface area contributed by atoms with Crippen LogP contribution in [-0.4, -0.2) is 5.78 Å². The van der Waals surface area contributed by atoms with E-state index < -0.39 is 0 Å². The number of carbonyl (C=O) groups excluding carboxylic acids is 1. The summed E-state index contributed by atoms with van der Waals surface area (Å²) in [5, 5.41) is 1.49. The number of furan rings is 1. The molecule has 0 fully saturated rings. The second-order valence-corrected chi connectivity index (χ2v) is 5.68. The molecule has 2 aromatic carbocycles. The highest BCUT2D eigenvalue weighted by Gasteiger charge is 2.15. The first-order valence-corrected chi connectivity index (χ1v) is 7.09. The van der Waals surface area contributed by atoms with Gasteiger partial charge in [0, 0.05) is 14.5 Å². The van der Waals surface area contributed by atoms with Gasteiger partial charge in [0.05, 0.1) is 5.02 Å². The van der Waals surface area contributed by atoms with E-state index in [0.29, 0.717) is 21.9 Å². The van der Waals surface area contributed by atoms with Gasteiger partial charge >= 0.3 is 0 Å². The number of fused-ring (bicyclic) bond motifs is 1. The molecule has 0 spiro atoms. The van der Waals surface area contributed by atoms with Gasteiger partial charge in [-0.15, -0.1) is 0 Å². The van der Waals surface area contributed by atoms with E-state index in [4.69, 9.17) is 16.0 Å². The van der Waals surface area contributed by atoms with Gasteiger partial charge in [0.2, 0.25) is 5.78 Å². The maximum Gasteiger partial charge on any atom is 0.228 e. The van der Waals surface area contributed by atoms with E-state index in [0.717, 1.165) is 8.96 Å². The molecule has 0 amide bonds. The van der Waals surface area contributed by atoms with Crippen LogP contribution in [0.4, 0.5) is 0 Å². The Morgan fingerprint density at radius 3 is 2.63 bits per heavy atom. The number of rotatable bonds is 2. The minimum Gasteiger partial charge on any atom is -0.453 e. The van der Waals surface area contributed by atoms with Crippen LogP contribution in [0.15, 0.2) is 52.9 Å². The first kappa shape index (κ1) is 12.7. The summed E-state index contributed by atoms with van der Waals surface area (Å²) < 4.78 is 6.48. The lowest BCUT2D eigenvalue weighted by Gasteiger charge is -2.00. The van der Waals surface area contributed by atoms with Crippen molar-refractivity contribution in [1.29, 1.82) is 0 Å². The number of para-hydroxylation sites is 1. The molecule has 0 N–H and O–H groups in total. The molecule has 1 aromatic heterocycles. The highest BCUT2D eigenvalue weighted by atomic mass is 127. The zero-order valence-corrected chi connectivity index (χ0v) is 12.6. The predicted molar refractivity (Wildman–Crippen MR) is 83.8 cm³/mol. The summed E-state index contributed by atoms with van der Waals surface area (Å²) in [5.41, 5.74) is 1.24. The van der Waals surface area contributed by atoms with E-state index in [1.807, 2.05) is 30.3 Å². The van der Waals surface area contributed by atoms with Crippen molar-refractivity contribution in [2.24, 2.45) is 0 Å². The van der Waals surface area contributed by atoms with Crippen LogP contribution in [0.1, 0.15) is 16.1 Å². The monoisotopic (exact) mass is 382 g/mol. The van der Waals surface area contributed by atoms with Gasteiger partial charge in [-0.05, 0) is 52.9 Å². The minimum atomic E-state index is -0.158. The summed E-state index contributed by atoms with van der Waals surface area (Å²) in [4.78, 5) is 12.3. The molecule has 0 atom stereocenters. The van der Waals surface area contributed by atoms with Gasteiger partial charge in [-0.25, -0.2) is 0 Å². The van der Waals surface area contributed by atoms with Gasteiger partial charge in [0.1, 0.15) is 5.58 Å². The Kier molecular flexibility index (Phi) is 3.33. The van der Waals surface area contributed by atoms with Crippen molar-refractivity contribution in [2.75, 3.05) is 0 Å². The lowest BCUT2D eigenvalue weighted by atomic mass is 10.1. The molecule has 94 valence electrons. The van der Waals surface area contributed by atoms with Crippen LogP contribution in [-0.2, 0) is 0 Å². The first-order valence-electron chi connectivity index (χ1n) is 5.63. The number of benzene rings is 2. The fourth-order valence-corrected chi connectivity index (χ4v) is 2.39. The largest absolute Gasteiger partial charge is 0.453 e. The van der Waals surface area contributed by atoms with Gasteiger partial charge < -0.3 is 4.42 Å². The first-order chi connectivity index (χ1) is 9.15. The highest BCUT2D eigenvalue weighted by Crippen LogP contribution is 2.24. The second kappa shape index (κ2) is 4.98.